The van der Waals surface area contributed by atoms with Gasteiger partial charge in [0.1, 0.15) is 5.75 Å². The van der Waals surface area contributed by atoms with Gasteiger partial charge in [0.25, 0.3) is 0 Å². The fourth-order valence-corrected chi connectivity index (χ4v) is 5.12. The minimum atomic E-state index is -4.45. The minimum absolute atomic E-state index is 0.0333. The van der Waals surface area contributed by atoms with Gasteiger partial charge in [-0.25, -0.2) is 8.42 Å². The highest BCUT2D eigenvalue weighted by molar-refractivity contribution is 7.89. The summed E-state index contributed by atoms with van der Waals surface area (Å²) in [6, 6.07) is 8.36. The fraction of sp³-hybridized carbons (Fsp3) is 0.350. The van der Waals surface area contributed by atoms with E-state index < -0.39 is 27.7 Å². The lowest BCUT2D eigenvalue weighted by Crippen LogP contribution is -2.41. The zero-order chi connectivity index (χ0) is 22.8. The Morgan fingerprint density at radius 1 is 1.13 bits per heavy atom. The molecule has 0 unspecified atom stereocenters. The number of piperidine rings is 1. The van der Waals surface area contributed by atoms with Crippen molar-refractivity contribution in [2.24, 2.45) is 5.92 Å². The summed E-state index contributed by atoms with van der Waals surface area (Å²) in [5, 5.41) is 2.77. The summed E-state index contributed by atoms with van der Waals surface area (Å²) in [4.78, 5) is 12.5. The van der Waals surface area contributed by atoms with Crippen LogP contribution in [-0.4, -0.2) is 38.8 Å². The van der Waals surface area contributed by atoms with E-state index in [1.54, 1.807) is 0 Å². The quantitative estimate of drug-likeness (QED) is 0.693. The Morgan fingerprint density at radius 3 is 2.26 bits per heavy atom. The predicted molar refractivity (Wildman–Crippen MR) is 110 cm³/mol. The third kappa shape index (κ3) is 5.31. The first-order valence-corrected chi connectivity index (χ1v) is 11.2. The third-order valence-electron chi connectivity index (χ3n) is 5.07. The number of hydrogen-bond acceptors (Lipinski definition) is 4. The predicted octanol–water partition coefficient (Wildman–Crippen LogP) is 4.41. The van der Waals surface area contributed by atoms with Crippen LogP contribution in [0, 0.1) is 5.92 Å². The Hall–Kier alpha value is -2.30. The lowest BCUT2D eigenvalue weighted by atomic mass is 9.97. The van der Waals surface area contributed by atoms with Gasteiger partial charge in [0.2, 0.25) is 15.9 Å². The van der Waals surface area contributed by atoms with Crippen LogP contribution < -0.4 is 10.1 Å². The summed E-state index contributed by atoms with van der Waals surface area (Å²) in [5.74, 6) is -0.447. The van der Waals surface area contributed by atoms with Crippen molar-refractivity contribution in [1.82, 2.24) is 4.31 Å². The molecule has 0 bridgehead atoms. The van der Waals surface area contributed by atoms with Crippen molar-refractivity contribution in [2.45, 2.75) is 23.9 Å². The van der Waals surface area contributed by atoms with Crippen molar-refractivity contribution in [1.29, 1.82) is 0 Å². The van der Waals surface area contributed by atoms with Gasteiger partial charge in [0.05, 0.1) is 22.6 Å². The Kier molecular flexibility index (Phi) is 6.82. The normalized spacial score (nSPS) is 16.2. The van der Waals surface area contributed by atoms with Crippen LogP contribution in [0.5, 0.6) is 5.75 Å². The number of anilines is 1. The third-order valence-corrected chi connectivity index (χ3v) is 7.26. The number of carbonyl (C=O) groups is 1. The Balaban J connectivity index is 1.61. The average Bonchev–Trinajstić information content (AvgIpc) is 2.73. The van der Waals surface area contributed by atoms with Crippen LogP contribution in [0.25, 0.3) is 0 Å². The molecule has 168 valence electrons. The van der Waals surface area contributed by atoms with Crippen molar-refractivity contribution < 1.29 is 31.1 Å². The van der Waals surface area contributed by atoms with Gasteiger partial charge in [0.15, 0.2) is 0 Å². The molecule has 2 aromatic carbocycles. The van der Waals surface area contributed by atoms with Gasteiger partial charge in [-0.1, -0.05) is 11.6 Å². The molecule has 0 aromatic heterocycles. The van der Waals surface area contributed by atoms with Gasteiger partial charge in [-0.2, -0.15) is 17.5 Å². The number of nitrogens with one attached hydrogen (secondary N) is 1. The lowest BCUT2D eigenvalue weighted by molar-refractivity contribution is -0.137. The number of rotatable bonds is 5. The smallest absolute Gasteiger partial charge is 0.416 e. The molecular weight excluding hydrogens is 457 g/mol. The zero-order valence-electron chi connectivity index (χ0n) is 16.4. The van der Waals surface area contributed by atoms with Crippen molar-refractivity contribution >= 4 is 33.2 Å². The van der Waals surface area contributed by atoms with Gasteiger partial charge in [-0.05, 0) is 55.3 Å². The SMILES string of the molecule is COc1ccc(S(=O)(=O)N2CCC(C(=O)Nc3ccc(C(F)(F)F)cc3)CC2)cc1Cl. The van der Waals surface area contributed by atoms with E-state index in [-0.39, 0.29) is 47.4 Å². The number of methoxy groups -OCH3 is 1. The van der Waals surface area contributed by atoms with Crippen LogP contribution in [0.1, 0.15) is 18.4 Å². The van der Waals surface area contributed by atoms with E-state index in [9.17, 15) is 26.4 Å². The number of carbonyl (C=O) groups excluding carboxylic acids is 1. The molecule has 3 rings (SSSR count). The van der Waals surface area contributed by atoms with E-state index in [1.165, 1.54) is 41.7 Å². The first kappa shape index (κ1) is 23.4. The molecule has 31 heavy (non-hydrogen) atoms. The highest BCUT2D eigenvalue weighted by atomic mass is 35.5. The molecule has 0 radical (unpaired) electrons. The van der Waals surface area contributed by atoms with E-state index in [0.29, 0.717) is 5.75 Å². The molecule has 1 saturated heterocycles. The Labute approximate surface area is 183 Å². The van der Waals surface area contributed by atoms with Gasteiger partial charge in [0, 0.05) is 24.7 Å². The molecule has 0 saturated carbocycles. The molecule has 6 nitrogen and oxygen atoms in total. The van der Waals surface area contributed by atoms with Crippen LogP contribution in [-0.2, 0) is 21.0 Å². The van der Waals surface area contributed by atoms with Gasteiger partial charge < -0.3 is 10.1 Å². The molecule has 2 aromatic rings. The number of nitrogens with zero attached hydrogens (tertiary/aromatic N) is 1. The van der Waals surface area contributed by atoms with Gasteiger partial charge in [-0.15, -0.1) is 0 Å². The molecule has 1 N–H and O–H groups in total. The van der Waals surface area contributed by atoms with Crippen molar-refractivity contribution in [2.75, 3.05) is 25.5 Å². The van der Waals surface area contributed by atoms with Gasteiger partial charge >= 0.3 is 6.18 Å². The molecule has 1 fully saturated rings. The summed E-state index contributed by atoms with van der Waals surface area (Å²) in [7, 11) is -2.35. The number of halogens is 4. The standard InChI is InChI=1S/C20H20ClF3N2O4S/c1-30-18-7-6-16(12-17(18)21)31(28,29)26-10-8-13(9-11-26)19(27)25-15-4-2-14(3-5-15)20(22,23)24/h2-7,12-13H,8-11H2,1H3,(H,25,27). The second-order valence-corrected chi connectivity index (χ2v) is 9.38. The molecule has 1 aliphatic heterocycles. The summed E-state index contributed by atoms with van der Waals surface area (Å²) in [6.07, 6.45) is -3.87. The van der Waals surface area contributed by atoms with E-state index in [0.717, 1.165) is 12.1 Å². The summed E-state index contributed by atoms with van der Waals surface area (Å²) < 4.78 is 69.9. The molecule has 0 spiro atoms. The topological polar surface area (TPSA) is 75.7 Å². The van der Waals surface area contributed by atoms with E-state index in [1.807, 2.05) is 0 Å². The maximum atomic E-state index is 12.9. The molecule has 1 heterocycles. The maximum absolute atomic E-state index is 12.9. The fourth-order valence-electron chi connectivity index (χ4n) is 3.30. The highest BCUT2D eigenvalue weighted by Crippen LogP contribution is 2.31. The van der Waals surface area contributed by atoms with Crippen LogP contribution in [0.15, 0.2) is 47.4 Å². The second kappa shape index (κ2) is 9.05. The number of benzene rings is 2. The average molecular weight is 477 g/mol. The Bertz CT molecular complexity index is 1050. The molecular formula is C20H20ClF3N2O4S. The zero-order valence-corrected chi connectivity index (χ0v) is 18.0. The summed E-state index contributed by atoms with van der Waals surface area (Å²) >= 11 is 6.03. The van der Waals surface area contributed by atoms with Crippen LogP contribution >= 0.6 is 11.6 Å². The molecule has 0 aliphatic carbocycles. The van der Waals surface area contributed by atoms with Crippen molar-refractivity contribution in [3.8, 4) is 5.75 Å². The maximum Gasteiger partial charge on any atom is 0.416 e. The van der Waals surface area contributed by atoms with Crippen molar-refractivity contribution in [3.63, 3.8) is 0 Å². The molecule has 1 amide bonds. The number of hydrogen-bond donors (Lipinski definition) is 1. The number of sulfonamides is 1. The largest absolute Gasteiger partial charge is 0.495 e. The van der Waals surface area contributed by atoms with E-state index in [4.69, 9.17) is 16.3 Å². The molecule has 11 heteroatoms. The highest BCUT2D eigenvalue weighted by Gasteiger charge is 2.33. The second-order valence-electron chi connectivity index (χ2n) is 7.04. The van der Waals surface area contributed by atoms with Crippen LogP contribution in [0.3, 0.4) is 0 Å². The number of amides is 1. The van der Waals surface area contributed by atoms with E-state index in [2.05, 4.69) is 5.32 Å². The monoisotopic (exact) mass is 476 g/mol. The molecule has 1 aliphatic rings. The first-order valence-electron chi connectivity index (χ1n) is 9.34. The van der Waals surface area contributed by atoms with Crippen LogP contribution in [0.4, 0.5) is 18.9 Å². The summed E-state index contributed by atoms with van der Waals surface area (Å²) in [5.41, 5.74) is -0.552. The number of ether oxygens (including phenoxy) is 1. The molecule has 0 atom stereocenters. The van der Waals surface area contributed by atoms with E-state index >= 15 is 0 Å². The Morgan fingerprint density at radius 2 is 1.74 bits per heavy atom. The van der Waals surface area contributed by atoms with Crippen LogP contribution in [0.2, 0.25) is 5.02 Å². The van der Waals surface area contributed by atoms with Crippen molar-refractivity contribution in [3.05, 3.63) is 53.1 Å². The first-order chi connectivity index (χ1) is 14.5. The lowest BCUT2D eigenvalue weighted by Gasteiger charge is -2.30. The minimum Gasteiger partial charge on any atom is -0.495 e. The number of alkyl halides is 3. The summed E-state index contributed by atoms with van der Waals surface area (Å²) in [6.45, 7) is 0.272. The van der Waals surface area contributed by atoms with Gasteiger partial charge in [-0.3, -0.25) is 4.79 Å².